The first-order chi connectivity index (χ1) is 9.97. The molecule has 3 rings (SSSR count). The molecule has 0 aliphatic carbocycles. The Labute approximate surface area is 127 Å². The molecule has 0 aliphatic rings. The quantitative estimate of drug-likeness (QED) is 0.608. The van der Waals surface area contributed by atoms with E-state index in [1.54, 1.807) is 6.92 Å². The normalized spacial score (nSPS) is 11.0. The Morgan fingerprint density at radius 3 is 2.48 bits per heavy atom. The summed E-state index contributed by atoms with van der Waals surface area (Å²) in [7, 11) is 0. The van der Waals surface area contributed by atoms with E-state index in [4.69, 9.17) is 4.42 Å². The van der Waals surface area contributed by atoms with Crippen LogP contribution in [0.3, 0.4) is 0 Å². The number of halogens is 3. The van der Waals surface area contributed by atoms with Gasteiger partial charge >= 0.3 is 0 Å². The number of fused-ring (bicyclic) bond motifs is 1. The fourth-order valence-corrected chi connectivity index (χ4v) is 2.74. The zero-order valence-corrected chi connectivity index (χ0v) is 12.5. The maximum absolute atomic E-state index is 13.3. The highest BCUT2D eigenvalue weighted by Crippen LogP contribution is 2.29. The van der Waals surface area contributed by atoms with Crippen LogP contribution in [0.1, 0.15) is 21.7 Å². The van der Waals surface area contributed by atoms with Crippen molar-refractivity contribution in [2.45, 2.75) is 6.92 Å². The number of hydrogen-bond acceptors (Lipinski definition) is 2. The van der Waals surface area contributed by atoms with Crippen molar-refractivity contribution in [1.82, 2.24) is 0 Å². The van der Waals surface area contributed by atoms with Gasteiger partial charge < -0.3 is 4.42 Å². The van der Waals surface area contributed by atoms with Crippen LogP contribution in [0.5, 0.6) is 0 Å². The second-order valence-electron chi connectivity index (χ2n) is 4.65. The van der Waals surface area contributed by atoms with Gasteiger partial charge in [0.05, 0.1) is 0 Å². The van der Waals surface area contributed by atoms with Gasteiger partial charge in [-0.25, -0.2) is 8.78 Å². The Kier molecular flexibility index (Phi) is 3.37. The molecule has 0 unspecified atom stereocenters. The monoisotopic (exact) mass is 350 g/mol. The van der Waals surface area contributed by atoms with E-state index in [2.05, 4.69) is 15.9 Å². The molecule has 3 aromatic rings. The number of ketones is 1. The summed E-state index contributed by atoms with van der Waals surface area (Å²) in [6.45, 7) is 1.69. The van der Waals surface area contributed by atoms with E-state index in [1.165, 1.54) is 36.4 Å². The molecule has 2 nitrogen and oxygen atoms in total. The van der Waals surface area contributed by atoms with Gasteiger partial charge in [-0.1, -0.05) is 0 Å². The maximum atomic E-state index is 13.3. The summed E-state index contributed by atoms with van der Waals surface area (Å²) in [5.41, 5.74) is 1.29. The molecular weight excluding hydrogens is 342 g/mol. The van der Waals surface area contributed by atoms with E-state index in [9.17, 15) is 13.6 Å². The Bertz CT molecular complexity index is 868. The van der Waals surface area contributed by atoms with Crippen molar-refractivity contribution in [2.24, 2.45) is 0 Å². The van der Waals surface area contributed by atoms with Gasteiger partial charge in [-0.2, -0.15) is 0 Å². The lowest BCUT2D eigenvalue weighted by Gasteiger charge is -2.02. The van der Waals surface area contributed by atoms with Crippen LogP contribution in [0.4, 0.5) is 8.78 Å². The number of benzene rings is 2. The maximum Gasteiger partial charge on any atom is 0.229 e. The fourth-order valence-electron chi connectivity index (χ4n) is 2.21. The highest BCUT2D eigenvalue weighted by atomic mass is 79.9. The molecule has 0 saturated heterocycles. The van der Waals surface area contributed by atoms with Crippen molar-refractivity contribution in [3.05, 3.63) is 69.4 Å². The molecule has 106 valence electrons. The highest BCUT2D eigenvalue weighted by molar-refractivity contribution is 9.10. The average molecular weight is 351 g/mol. The molecular formula is C16H9BrF2O2. The molecule has 0 amide bonds. The summed E-state index contributed by atoms with van der Waals surface area (Å²) >= 11 is 3.16. The van der Waals surface area contributed by atoms with E-state index in [-0.39, 0.29) is 11.5 Å². The summed E-state index contributed by atoms with van der Waals surface area (Å²) < 4.78 is 32.3. The highest BCUT2D eigenvalue weighted by Gasteiger charge is 2.21. The van der Waals surface area contributed by atoms with E-state index >= 15 is 0 Å². The number of carbonyl (C=O) groups is 1. The zero-order valence-electron chi connectivity index (χ0n) is 10.9. The van der Waals surface area contributed by atoms with Crippen molar-refractivity contribution in [3.8, 4) is 0 Å². The van der Waals surface area contributed by atoms with Crippen LogP contribution < -0.4 is 0 Å². The zero-order chi connectivity index (χ0) is 15.1. The lowest BCUT2D eigenvalue weighted by Crippen LogP contribution is -2.03. The SMILES string of the molecule is Cc1c(C(=O)c2ccc(F)cc2Br)oc2ccc(F)cc12. The summed E-state index contributed by atoms with van der Waals surface area (Å²) in [5.74, 6) is -1.09. The molecule has 5 heteroatoms. The van der Waals surface area contributed by atoms with Crippen molar-refractivity contribution in [3.63, 3.8) is 0 Å². The lowest BCUT2D eigenvalue weighted by atomic mass is 10.0. The van der Waals surface area contributed by atoms with Crippen molar-refractivity contribution in [1.29, 1.82) is 0 Å². The molecule has 0 radical (unpaired) electrons. The number of furan rings is 1. The predicted molar refractivity (Wildman–Crippen MR) is 78.4 cm³/mol. The van der Waals surface area contributed by atoms with Crippen LogP contribution in [-0.4, -0.2) is 5.78 Å². The third kappa shape index (κ3) is 2.38. The van der Waals surface area contributed by atoms with Gasteiger partial charge in [0.1, 0.15) is 17.2 Å². The average Bonchev–Trinajstić information content (AvgIpc) is 2.75. The molecule has 0 aliphatic heterocycles. The topological polar surface area (TPSA) is 30.2 Å². The molecule has 1 heterocycles. The molecule has 0 bridgehead atoms. The van der Waals surface area contributed by atoms with E-state index in [0.717, 1.165) is 0 Å². The number of hydrogen-bond donors (Lipinski definition) is 0. The van der Waals surface area contributed by atoms with Gasteiger partial charge in [-0.3, -0.25) is 4.79 Å². The minimum Gasteiger partial charge on any atom is -0.452 e. The predicted octanol–water partition coefficient (Wildman–Crippen LogP) is 5.01. The number of carbonyl (C=O) groups excluding carboxylic acids is 1. The molecule has 2 aromatic carbocycles. The lowest BCUT2D eigenvalue weighted by molar-refractivity contribution is 0.101. The largest absolute Gasteiger partial charge is 0.452 e. The Morgan fingerprint density at radius 1 is 1.10 bits per heavy atom. The fraction of sp³-hybridized carbons (Fsp3) is 0.0625. The Morgan fingerprint density at radius 2 is 1.76 bits per heavy atom. The van der Waals surface area contributed by atoms with Gasteiger partial charge in [0.25, 0.3) is 0 Å². The third-order valence-electron chi connectivity index (χ3n) is 3.28. The summed E-state index contributed by atoms with van der Waals surface area (Å²) in [6, 6.07) is 7.88. The first-order valence-electron chi connectivity index (χ1n) is 6.16. The third-order valence-corrected chi connectivity index (χ3v) is 3.94. The molecule has 0 atom stereocenters. The summed E-state index contributed by atoms with van der Waals surface area (Å²) in [5, 5.41) is 0.552. The minimum atomic E-state index is -0.443. The van der Waals surface area contributed by atoms with Crippen LogP contribution in [0.2, 0.25) is 0 Å². The number of aryl methyl sites for hydroxylation is 1. The Hall–Kier alpha value is -2.01. The van der Waals surface area contributed by atoms with Gasteiger partial charge in [-0.05, 0) is 59.3 Å². The van der Waals surface area contributed by atoms with Crippen LogP contribution >= 0.6 is 15.9 Å². The van der Waals surface area contributed by atoms with Gasteiger partial charge in [0, 0.05) is 21.0 Å². The summed E-state index contributed by atoms with van der Waals surface area (Å²) in [4.78, 5) is 12.5. The molecule has 1 aromatic heterocycles. The van der Waals surface area contributed by atoms with Crippen LogP contribution in [0.25, 0.3) is 11.0 Å². The van der Waals surface area contributed by atoms with Gasteiger partial charge in [0.2, 0.25) is 5.78 Å². The van der Waals surface area contributed by atoms with Crippen molar-refractivity contribution in [2.75, 3.05) is 0 Å². The molecule has 0 spiro atoms. The minimum absolute atomic E-state index is 0.128. The summed E-state index contributed by atoms with van der Waals surface area (Å²) in [6.07, 6.45) is 0. The number of rotatable bonds is 2. The second kappa shape index (κ2) is 5.07. The van der Waals surface area contributed by atoms with Gasteiger partial charge in [-0.15, -0.1) is 0 Å². The van der Waals surface area contributed by atoms with E-state index < -0.39 is 11.6 Å². The molecule has 0 N–H and O–H groups in total. The smallest absolute Gasteiger partial charge is 0.229 e. The van der Waals surface area contributed by atoms with Crippen molar-refractivity contribution >= 4 is 32.7 Å². The van der Waals surface area contributed by atoms with Gasteiger partial charge in [0.15, 0.2) is 5.76 Å². The van der Waals surface area contributed by atoms with Crippen LogP contribution in [0.15, 0.2) is 45.3 Å². The van der Waals surface area contributed by atoms with E-state index in [1.807, 2.05) is 0 Å². The first-order valence-corrected chi connectivity index (χ1v) is 6.95. The second-order valence-corrected chi connectivity index (χ2v) is 5.50. The first kappa shape index (κ1) is 13.9. The van der Waals surface area contributed by atoms with Crippen molar-refractivity contribution < 1.29 is 18.0 Å². The Balaban J connectivity index is 2.15. The van der Waals surface area contributed by atoms with Crippen LogP contribution in [0, 0.1) is 18.6 Å². The van der Waals surface area contributed by atoms with Crippen LogP contribution in [-0.2, 0) is 0 Å². The molecule has 0 saturated carbocycles. The standard InChI is InChI=1S/C16H9BrF2O2/c1-8-12-6-9(18)3-5-14(12)21-16(8)15(20)11-4-2-10(19)7-13(11)17/h2-7H,1H3. The molecule has 0 fully saturated rings. The molecule has 21 heavy (non-hydrogen) atoms. The van der Waals surface area contributed by atoms with E-state index in [0.29, 0.717) is 26.6 Å².